The van der Waals surface area contributed by atoms with E-state index in [0.717, 1.165) is 12.8 Å². The lowest BCUT2D eigenvalue weighted by molar-refractivity contribution is 0.0718. The number of aliphatic hydroxyl groups is 1. The molecule has 0 unspecified atom stereocenters. The van der Waals surface area contributed by atoms with E-state index in [2.05, 4.69) is 10.6 Å². The minimum Gasteiger partial charge on any atom is -0.391 e. The Balaban J connectivity index is 1.66. The highest BCUT2D eigenvalue weighted by Crippen LogP contribution is 2.27. The largest absolute Gasteiger partial charge is 0.391 e. The number of hydrogen-bond donors (Lipinski definition) is 3. The topological polar surface area (TPSA) is 83.4 Å². The zero-order chi connectivity index (χ0) is 22.8. The van der Waals surface area contributed by atoms with Crippen LogP contribution < -0.4 is 10.6 Å². The van der Waals surface area contributed by atoms with Crippen molar-refractivity contribution < 1.29 is 23.5 Å². The second-order valence-corrected chi connectivity index (χ2v) is 8.13. The lowest BCUT2D eigenvalue weighted by atomic mass is 9.92. The second kappa shape index (κ2) is 9.08. The number of nitrogens with zero attached hydrogens (tertiary/aromatic N) is 1. The molecule has 0 bridgehead atoms. The van der Waals surface area contributed by atoms with Crippen molar-refractivity contribution >= 4 is 22.7 Å². The highest BCUT2D eigenvalue weighted by atomic mass is 19.1. The van der Waals surface area contributed by atoms with E-state index in [9.17, 15) is 23.5 Å². The van der Waals surface area contributed by atoms with Crippen molar-refractivity contribution in [1.82, 2.24) is 15.2 Å². The number of rotatable bonds is 5. The Morgan fingerprint density at radius 3 is 2.56 bits per heavy atom. The van der Waals surface area contributed by atoms with E-state index in [-0.39, 0.29) is 29.1 Å². The molecule has 1 aromatic heterocycles. The van der Waals surface area contributed by atoms with Gasteiger partial charge in [-0.2, -0.15) is 0 Å². The molecule has 32 heavy (non-hydrogen) atoms. The van der Waals surface area contributed by atoms with Crippen LogP contribution in [0.4, 0.5) is 8.78 Å². The molecule has 1 aliphatic carbocycles. The van der Waals surface area contributed by atoms with E-state index >= 15 is 0 Å². The van der Waals surface area contributed by atoms with Gasteiger partial charge in [-0.3, -0.25) is 9.59 Å². The number of benzene rings is 2. The first-order chi connectivity index (χ1) is 15.4. The summed E-state index contributed by atoms with van der Waals surface area (Å²) in [5.41, 5.74) is 1.16. The van der Waals surface area contributed by atoms with Gasteiger partial charge >= 0.3 is 0 Å². The first kappa shape index (κ1) is 22.0. The predicted octanol–water partition coefficient (Wildman–Crippen LogP) is 3.36. The maximum atomic E-state index is 14.7. The van der Waals surface area contributed by atoms with Crippen LogP contribution in [0.2, 0.25) is 0 Å². The van der Waals surface area contributed by atoms with Crippen LogP contribution in [0.25, 0.3) is 10.9 Å². The summed E-state index contributed by atoms with van der Waals surface area (Å²) in [4.78, 5) is 24.7. The molecule has 168 valence electrons. The third-order valence-electron chi connectivity index (χ3n) is 6.00. The van der Waals surface area contributed by atoms with E-state index in [1.54, 1.807) is 29.0 Å². The van der Waals surface area contributed by atoms with Crippen LogP contribution in [0.15, 0.2) is 42.6 Å². The number of halogens is 2. The summed E-state index contributed by atoms with van der Waals surface area (Å²) in [6.45, 7) is 0.185. The molecule has 3 aromatic rings. The maximum Gasteiger partial charge on any atom is 0.253 e. The Morgan fingerprint density at radius 2 is 1.84 bits per heavy atom. The molecule has 0 saturated heterocycles. The molecule has 0 radical (unpaired) electrons. The standard InChI is InChI=1S/C24H25F2N3O3/c1-27-23(31)15-10-9-14(11-18(15)26)12-29-13-16(22-17(25)5-4-7-20(22)29)24(32)28-19-6-2-3-8-21(19)30/h4-5,7,9-11,13,19,21,30H,2-3,6,8,12H2,1H3,(H,27,31)(H,28,32)/t19-,21-/m0/s1. The molecule has 0 spiro atoms. The SMILES string of the molecule is CNC(=O)c1ccc(Cn2cc(C(=O)N[C@H]3CCCC[C@@H]3O)c3c(F)cccc32)cc1F. The van der Waals surface area contributed by atoms with Crippen molar-refractivity contribution in [2.24, 2.45) is 0 Å². The molecule has 1 aliphatic rings. The van der Waals surface area contributed by atoms with Crippen molar-refractivity contribution in [3.8, 4) is 0 Å². The molecule has 2 amide bonds. The van der Waals surface area contributed by atoms with Gasteiger partial charge in [-0.15, -0.1) is 0 Å². The van der Waals surface area contributed by atoms with Gasteiger partial charge < -0.3 is 20.3 Å². The fraction of sp³-hybridized carbons (Fsp3) is 0.333. The van der Waals surface area contributed by atoms with Crippen LogP contribution in [-0.2, 0) is 6.54 Å². The van der Waals surface area contributed by atoms with Gasteiger partial charge in [0.25, 0.3) is 11.8 Å². The third kappa shape index (κ3) is 4.23. The highest BCUT2D eigenvalue weighted by Gasteiger charge is 2.27. The fourth-order valence-corrected chi connectivity index (χ4v) is 4.31. The van der Waals surface area contributed by atoms with Gasteiger partial charge in [0.15, 0.2) is 0 Å². The highest BCUT2D eigenvalue weighted by molar-refractivity contribution is 6.07. The summed E-state index contributed by atoms with van der Waals surface area (Å²) in [6, 6.07) is 8.44. The Kier molecular flexibility index (Phi) is 6.23. The maximum absolute atomic E-state index is 14.7. The molecule has 0 aliphatic heterocycles. The fourth-order valence-electron chi connectivity index (χ4n) is 4.31. The average molecular weight is 441 g/mol. The summed E-state index contributed by atoms with van der Waals surface area (Å²) in [7, 11) is 1.43. The monoisotopic (exact) mass is 441 g/mol. The minimum atomic E-state index is -0.659. The van der Waals surface area contributed by atoms with Crippen molar-refractivity contribution in [3.05, 3.63) is 70.9 Å². The van der Waals surface area contributed by atoms with E-state index in [1.807, 2.05) is 0 Å². The number of carbonyl (C=O) groups excluding carboxylic acids is 2. The van der Waals surface area contributed by atoms with Gasteiger partial charge in [-0.25, -0.2) is 8.78 Å². The third-order valence-corrected chi connectivity index (χ3v) is 6.00. The van der Waals surface area contributed by atoms with Crippen LogP contribution in [0.1, 0.15) is 52.0 Å². The van der Waals surface area contributed by atoms with Crippen molar-refractivity contribution in [3.63, 3.8) is 0 Å². The lowest BCUT2D eigenvalue weighted by Gasteiger charge is -2.28. The summed E-state index contributed by atoms with van der Waals surface area (Å²) >= 11 is 0. The van der Waals surface area contributed by atoms with Crippen molar-refractivity contribution in [2.45, 2.75) is 44.4 Å². The Morgan fingerprint density at radius 1 is 1.06 bits per heavy atom. The molecule has 2 aromatic carbocycles. The average Bonchev–Trinajstić information content (AvgIpc) is 3.15. The Bertz CT molecular complexity index is 1170. The van der Waals surface area contributed by atoms with Gasteiger partial charge in [0, 0.05) is 25.2 Å². The molecule has 6 nitrogen and oxygen atoms in total. The minimum absolute atomic E-state index is 0.0641. The normalized spacial score (nSPS) is 18.5. The molecule has 4 rings (SSSR count). The summed E-state index contributed by atoms with van der Waals surface area (Å²) in [5, 5.41) is 15.6. The van der Waals surface area contributed by atoms with Crippen molar-refractivity contribution in [2.75, 3.05) is 7.05 Å². The van der Waals surface area contributed by atoms with Crippen LogP contribution >= 0.6 is 0 Å². The van der Waals surface area contributed by atoms with E-state index in [0.29, 0.717) is 23.9 Å². The molecule has 1 fully saturated rings. The van der Waals surface area contributed by atoms with Crippen LogP contribution in [0.3, 0.4) is 0 Å². The number of fused-ring (bicyclic) bond motifs is 1. The smallest absolute Gasteiger partial charge is 0.253 e. The zero-order valence-electron chi connectivity index (χ0n) is 17.7. The first-order valence-corrected chi connectivity index (χ1v) is 10.7. The number of carbonyl (C=O) groups is 2. The molecular formula is C24H25F2N3O3. The quantitative estimate of drug-likeness (QED) is 0.568. The van der Waals surface area contributed by atoms with Crippen LogP contribution in [0, 0.1) is 11.6 Å². The summed E-state index contributed by atoms with van der Waals surface area (Å²) in [6.07, 6.45) is 4.05. The van der Waals surface area contributed by atoms with Gasteiger partial charge in [-0.1, -0.05) is 25.0 Å². The van der Waals surface area contributed by atoms with Gasteiger partial charge in [0.05, 0.1) is 28.8 Å². The zero-order valence-corrected chi connectivity index (χ0v) is 17.7. The van der Waals surface area contributed by atoms with Crippen LogP contribution in [-0.4, -0.2) is 40.7 Å². The van der Waals surface area contributed by atoms with Gasteiger partial charge in [0.1, 0.15) is 11.6 Å². The van der Waals surface area contributed by atoms with Crippen LogP contribution in [0.5, 0.6) is 0 Å². The number of aromatic nitrogens is 1. The molecule has 1 heterocycles. The molecular weight excluding hydrogens is 416 g/mol. The lowest BCUT2D eigenvalue weighted by Crippen LogP contribution is -2.45. The van der Waals surface area contributed by atoms with E-state index < -0.39 is 29.6 Å². The molecule has 8 heteroatoms. The van der Waals surface area contributed by atoms with Gasteiger partial charge in [-0.05, 0) is 42.7 Å². The number of amides is 2. The summed E-state index contributed by atoms with van der Waals surface area (Å²) in [5.74, 6) is -2.16. The number of aliphatic hydroxyl groups excluding tert-OH is 1. The Hall–Kier alpha value is -3.26. The molecule has 2 atom stereocenters. The molecule has 3 N–H and O–H groups in total. The predicted molar refractivity (Wildman–Crippen MR) is 117 cm³/mol. The number of hydrogen-bond acceptors (Lipinski definition) is 3. The second-order valence-electron chi connectivity index (χ2n) is 8.13. The first-order valence-electron chi connectivity index (χ1n) is 10.7. The van der Waals surface area contributed by atoms with E-state index in [4.69, 9.17) is 0 Å². The Labute approximate surface area is 184 Å². The number of nitrogens with one attached hydrogen (secondary N) is 2. The summed E-state index contributed by atoms with van der Waals surface area (Å²) < 4.78 is 30.8. The molecule has 1 saturated carbocycles. The van der Waals surface area contributed by atoms with E-state index in [1.165, 1.54) is 25.2 Å². The van der Waals surface area contributed by atoms with Gasteiger partial charge in [0.2, 0.25) is 0 Å². The van der Waals surface area contributed by atoms with Crippen molar-refractivity contribution in [1.29, 1.82) is 0 Å².